The van der Waals surface area contributed by atoms with E-state index in [1.807, 2.05) is 13.8 Å². The number of hydrogen-bond donors (Lipinski definition) is 3. The first-order valence-corrected chi connectivity index (χ1v) is 7.78. The Hall–Kier alpha value is -3.01. The zero-order chi connectivity index (χ0) is 18.6. The highest BCUT2D eigenvalue weighted by Crippen LogP contribution is 2.18. The molecule has 1 amide bonds. The lowest BCUT2D eigenvalue weighted by molar-refractivity contribution is -0.384. The number of anilines is 2. The largest absolute Gasteiger partial charge is 0.353 e. The Morgan fingerprint density at radius 1 is 1.28 bits per heavy atom. The van der Waals surface area contributed by atoms with Crippen molar-refractivity contribution in [3.63, 3.8) is 0 Å². The number of nitro benzene ring substituents is 1. The number of amides is 1. The van der Waals surface area contributed by atoms with Crippen LogP contribution in [-0.4, -0.2) is 32.3 Å². The second-order valence-electron chi connectivity index (χ2n) is 5.33. The third-order valence-electron chi connectivity index (χ3n) is 3.52. The van der Waals surface area contributed by atoms with E-state index in [9.17, 15) is 14.9 Å². The molecule has 25 heavy (non-hydrogen) atoms. The summed E-state index contributed by atoms with van der Waals surface area (Å²) >= 11 is 5.11. The van der Waals surface area contributed by atoms with E-state index < -0.39 is 4.92 Å². The van der Waals surface area contributed by atoms with Gasteiger partial charge in [0.15, 0.2) is 5.11 Å². The van der Waals surface area contributed by atoms with E-state index in [0.29, 0.717) is 11.4 Å². The number of rotatable bonds is 5. The van der Waals surface area contributed by atoms with Crippen LogP contribution in [0.3, 0.4) is 0 Å². The van der Waals surface area contributed by atoms with E-state index >= 15 is 0 Å². The molecule has 0 aliphatic heterocycles. The molecule has 0 unspecified atom stereocenters. The van der Waals surface area contributed by atoms with Crippen LogP contribution in [0.1, 0.15) is 11.4 Å². The predicted octanol–water partition coefficient (Wildman–Crippen LogP) is 1.87. The first-order valence-electron chi connectivity index (χ1n) is 7.37. The van der Waals surface area contributed by atoms with Gasteiger partial charge in [0.2, 0.25) is 5.91 Å². The Kier molecular flexibility index (Phi) is 5.65. The quantitative estimate of drug-likeness (QED) is 0.423. The lowest BCUT2D eigenvalue weighted by Gasteiger charge is -2.11. The van der Waals surface area contributed by atoms with E-state index in [2.05, 4.69) is 21.0 Å². The molecule has 1 heterocycles. The number of nitro groups is 1. The van der Waals surface area contributed by atoms with Gasteiger partial charge >= 0.3 is 0 Å². The highest BCUT2D eigenvalue weighted by molar-refractivity contribution is 7.80. The summed E-state index contributed by atoms with van der Waals surface area (Å²) in [6, 6.07) is 5.81. The molecule has 10 heteroatoms. The second kappa shape index (κ2) is 7.71. The summed E-state index contributed by atoms with van der Waals surface area (Å²) in [6.07, 6.45) is 0. The molecule has 3 N–H and O–H groups in total. The number of non-ortho nitro benzene ring substituents is 1. The third kappa shape index (κ3) is 4.73. The normalized spacial score (nSPS) is 10.2. The standard InChI is InChI=1S/C15H18N6O3S/c1-9-14(10(2)20(3)19-9)18-13(22)8-16-15(25)17-11-4-6-12(7-5-11)21(23)24/h4-7H,8H2,1-3H3,(H,18,22)(H2,16,17,25). The van der Waals surface area contributed by atoms with Crippen molar-refractivity contribution < 1.29 is 9.72 Å². The molecule has 0 spiro atoms. The van der Waals surface area contributed by atoms with Crippen LogP contribution >= 0.6 is 12.2 Å². The second-order valence-corrected chi connectivity index (χ2v) is 5.74. The summed E-state index contributed by atoms with van der Waals surface area (Å²) in [6.45, 7) is 3.66. The van der Waals surface area contributed by atoms with Gasteiger partial charge < -0.3 is 16.0 Å². The van der Waals surface area contributed by atoms with Gasteiger partial charge in [-0.15, -0.1) is 0 Å². The van der Waals surface area contributed by atoms with Crippen LogP contribution in [0.5, 0.6) is 0 Å². The van der Waals surface area contributed by atoms with Crippen molar-refractivity contribution in [2.75, 3.05) is 17.2 Å². The van der Waals surface area contributed by atoms with Crippen molar-refractivity contribution in [3.8, 4) is 0 Å². The minimum atomic E-state index is -0.479. The van der Waals surface area contributed by atoms with Crippen molar-refractivity contribution in [3.05, 3.63) is 45.8 Å². The summed E-state index contributed by atoms with van der Waals surface area (Å²) < 4.78 is 1.69. The summed E-state index contributed by atoms with van der Waals surface area (Å²) in [7, 11) is 1.81. The number of aromatic nitrogens is 2. The fourth-order valence-electron chi connectivity index (χ4n) is 2.14. The van der Waals surface area contributed by atoms with Gasteiger partial charge in [-0.05, 0) is 38.2 Å². The highest BCUT2D eigenvalue weighted by Gasteiger charge is 2.12. The topological polar surface area (TPSA) is 114 Å². The monoisotopic (exact) mass is 362 g/mol. The van der Waals surface area contributed by atoms with Gasteiger partial charge in [-0.2, -0.15) is 5.10 Å². The van der Waals surface area contributed by atoms with Crippen LogP contribution in [0, 0.1) is 24.0 Å². The first-order chi connectivity index (χ1) is 11.8. The van der Waals surface area contributed by atoms with E-state index in [1.54, 1.807) is 11.7 Å². The molecule has 9 nitrogen and oxygen atoms in total. The molecule has 0 saturated heterocycles. The van der Waals surface area contributed by atoms with Crippen molar-refractivity contribution in [2.45, 2.75) is 13.8 Å². The van der Waals surface area contributed by atoms with Gasteiger partial charge in [0.25, 0.3) is 5.69 Å². The molecule has 2 aromatic rings. The van der Waals surface area contributed by atoms with Crippen LogP contribution in [0.25, 0.3) is 0 Å². The Balaban J connectivity index is 1.85. The Labute approximate surface area is 149 Å². The van der Waals surface area contributed by atoms with Crippen LogP contribution < -0.4 is 16.0 Å². The summed E-state index contributed by atoms with van der Waals surface area (Å²) in [5.74, 6) is -0.257. The highest BCUT2D eigenvalue weighted by atomic mass is 32.1. The summed E-state index contributed by atoms with van der Waals surface area (Å²) in [4.78, 5) is 22.2. The van der Waals surface area contributed by atoms with Crippen LogP contribution in [0.2, 0.25) is 0 Å². The van der Waals surface area contributed by atoms with Gasteiger partial charge in [0, 0.05) is 24.9 Å². The molecule has 0 aliphatic carbocycles. The molecular formula is C15H18N6O3S. The van der Waals surface area contributed by atoms with E-state index in [0.717, 1.165) is 11.4 Å². The van der Waals surface area contributed by atoms with E-state index in [1.165, 1.54) is 24.3 Å². The van der Waals surface area contributed by atoms with Crippen molar-refractivity contribution in [1.29, 1.82) is 0 Å². The average molecular weight is 362 g/mol. The van der Waals surface area contributed by atoms with Crippen molar-refractivity contribution >= 4 is 40.3 Å². The molecule has 0 radical (unpaired) electrons. The number of benzene rings is 1. The molecule has 0 bridgehead atoms. The zero-order valence-electron chi connectivity index (χ0n) is 14.0. The SMILES string of the molecule is Cc1nn(C)c(C)c1NC(=O)CNC(=S)Nc1ccc([N+](=O)[O-])cc1. The van der Waals surface area contributed by atoms with Crippen LogP contribution in [0.4, 0.5) is 17.1 Å². The van der Waals surface area contributed by atoms with Gasteiger partial charge in [-0.3, -0.25) is 19.6 Å². The maximum atomic E-state index is 12.0. The maximum Gasteiger partial charge on any atom is 0.269 e. The number of nitrogens with zero attached hydrogens (tertiary/aromatic N) is 3. The molecular weight excluding hydrogens is 344 g/mol. The number of aryl methyl sites for hydroxylation is 2. The van der Waals surface area contributed by atoms with Crippen molar-refractivity contribution in [1.82, 2.24) is 15.1 Å². The Bertz CT molecular complexity index is 815. The molecule has 132 valence electrons. The molecule has 1 aromatic carbocycles. The average Bonchev–Trinajstić information content (AvgIpc) is 2.80. The molecule has 0 aliphatic rings. The summed E-state index contributed by atoms with van der Waals surface area (Å²) in [5, 5.41) is 23.5. The number of carbonyl (C=O) groups is 1. The van der Waals surface area contributed by atoms with Gasteiger partial charge in [0.05, 0.1) is 28.5 Å². The summed E-state index contributed by atoms with van der Waals surface area (Å²) in [5.41, 5.74) is 2.86. The zero-order valence-corrected chi connectivity index (χ0v) is 14.8. The van der Waals surface area contributed by atoms with Gasteiger partial charge in [0.1, 0.15) is 0 Å². The number of nitrogens with one attached hydrogen (secondary N) is 3. The molecule has 1 aromatic heterocycles. The number of carbonyl (C=O) groups excluding carboxylic acids is 1. The van der Waals surface area contributed by atoms with Crippen LogP contribution in [0.15, 0.2) is 24.3 Å². The van der Waals surface area contributed by atoms with Crippen LogP contribution in [-0.2, 0) is 11.8 Å². The number of hydrogen-bond acceptors (Lipinski definition) is 5. The minimum Gasteiger partial charge on any atom is -0.353 e. The van der Waals surface area contributed by atoms with Gasteiger partial charge in [-0.25, -0.2) is 0 Å². The van der Waals surface area contributed by atoms with E-state index in [-0.39, 0.29) is 23.3 Å². The minimum absolute atomic E-state index is 0.00832. The Morgan fingerprint density at radius 3 is 2.44 bits per heavy atom. The molecule has 0 saturated carbocycles. The smallest absolute Gasteiger partial charge is 0.269 e. The predicted molar refractivity (Wildman–Crippen MR) is 98.6 cm³/mol. The molecule has 2 rings (SSSR count). The molecule has 0 fully saturated rings. The lowest BCUT2D eigenvalue weighted by atomic mass is 10.3. The maximum absolute atomic E-state index is 12.0. The van der Waals surface area contributed by atoms with E-state index in [4.69, 9.17) is 12.2 Å². The van der Waals surface area contributed by atoms with Crippen molar-refractivity contribution in [2.24, 2.45) is 7.05 Å². The first kappa shape index (κ1) is 18.3. The third-order valence-corrected chi connectivity index (χ3v) is 3.77. The Morgan fingerprint density at radius 2 is 1.92 bits per heavy atom. The number of thiocarbonyl (C=S) groups is 1. The van der Waals surface area contributed by atoms with Gasteiger partial charge in [-0.1, -0.05) is 0 Å². The lowest BCUT2D eigenvalue weighted by Crippen LogP contribution is -2.35. The molecule has 0 atom stereocenters. The fourth-order valence-corrected chi connectivity index (χ4v) is 2.33. The fraction of sp³-hybridized carbons (Fsp3) is 0.267.